The number of nitrogens with zero attached hydrogens (tertiary/aromatic N) is 6. The second kappa shape index (κ2) is 10.2. The van der Waals surface area contributed by atoms with Gasteiger partial charge in [0, 0.05) is 24.8 Å². The van der Waals surface area contributed by atoms with Gasteiger partial charge in [-0.2, -0.15) is 10.3 Å². The van der Waals surface area contributed by atoms with Crippen LogP contribution in [0.2, 0.25) is 0 Å². The van der Waals surface area contributed by atoms with Crippen molar-refractivity contribution in [2.24, 2.45) is 5.92 Å². The fraction of sp³-hybridized carbons (Fsp3) is 0.333. The van der Waals surface area contributed by atoms with Gasteiger partial charge in [0.05, 0.1) is 6.54 Å². The Morgan fingerprint density at radius 2 is 1.85 bits per heavy atom. The number of aliphatic carboxylic acids is 1. The Morgan fingerprint density at radius 3 is 2.52 bits per heavy atom. The number of aryl methyl sites for hydroxylation is 1. The minimum atomic E-state index is -0.794. The molecule has 0 saturated carbocycles. The lowest BCUT2D eigenvalue weighted by atomic mass is 9.98. The zero-order valence-corrected chi connectivity index (χ0v) is 18.8. The molecule has 9 nitrogen and oxygen atoms in total. The van der Waals surface area contributed by atoms with E-state index in [1.807, 2.05) is 28.9 Å². The molecule has 0 amide bonds. The van der Waals surface area contributed by atoms with Crippen LogP contribution in [-0.2, 0) is 24.2 Å². The smallest absolute Gasteiger partial charge is 0.303 e. The fourth-order valence-electron chi connectivity index (χ4n) is 3.74. The highest BCUT2D eigenvalue weighted by molar-refractivity contribution is 5.80. The number of hydrogen-bond acceptors (Lipinski definition) is 6. The van der Waals surface area contributed by atoms with Crippen molar-refractivity contribution >= 4 is 5.97 Å². The maximum absolute atomic E-state index is 10.8. The molecule has 170 valence electrons. The molecule has 4 aromatic rings. The summed E-state index contributed by atoms with van der Waals surface area (Å²) in [6.45, 7) is 4.92. The second-order valence-electron chi connectivity index (χ2n) is 8.43. The molecule has 33 heavy (non-hydrogen) atoms. The molecule has 0 aliphatic rings. The first kappa shape index (κ1) is 22.3. The number of nitrogens with one attached hydrogen (secondary N) is 1. The average molecular weight is 446 g/mol. The van der Waals surface area contributed by atoms with Gasteiger partial charge in [-0.25, -0.2) is 9.67 Å². The summed E-state index contributed by atoms with van der Waals surface area (Å²) < 4.78 is 1.94. The van der Waals surface area contributed by atoms with Crippen LogP contribution in [0, 0.1) is 5.92 Å². The highest BCUT2D eigenvalue weighted by atomic mass is 16.4. The van der Waals surface area contributed by atoms with Crippen molar-refractivity contribution in [3.8, 4) is 22.5 Å². The summed E-state index contributed by atoms with van der Waals surface area (Å²) in [6.07, 6.45) is 2.05. The minimum Gasteiger partial charge on any atom is -0.481 e. The van der Waals surface area contributed by atoms with E-state index in [1.165, 1.54) is 0 Å². The number of carboxylic acid groups (broad SMARTS) is 1. The molecule has 0 aliphatic carbocycles. The van der Waals surface area contributed by atoms with Crippen LogP contribution in [0.3, 0.4) is 0 Å². The lowest BCUT2D eigenvalue weighted by Crippen LogP contribution is -2.09. The van der Waals surface area contributed by atoms with Gasteiger partial charge < -0.3 is 5.11 Å². The van der Waals surface area contributed by atoms with Gasteiger partial charge in [0.25, 0.3) is 0 Å². The first-order chi connectivity index (χ1) is 16.0. The molecule has 0 aliphatic heterocycles. The van der Waals surface area contributed by atoms with E-state index < -0.39 is 5.97 Å². The summed E-state index contributed by atoms with van der Waals surface area (Å²) in [5, 5.41) is 28.0. The third-order valence-electron chi connectivity index (χ3n) is 5.28. The average Bonchev–Trinajstić information content (AvgIpc) is 3.44. The van der Waals surface area contributed by atoms with E-state index in [1.54, 1.807) is 0 Å². The van der Waals surface area contributed by atoms with Gasteiger partial charge in [-0.05, 0) is 34.2 Å². The van der Waals surface area contributed by atoms with Crippen LogP contribution in [0.25, 0.3) is 22.5 Å². The lowest BCUT2D eigenvalue weighted by Gasteiger charge is -2.10. The Morgan fingerprint density at radius 1 is 1.09 bits per heavy atom. The molecular weight excluding hydrogens is 418 g/mol. The Bertz CT molecular complexity index is 1200. The van der Waals surface area contributed by atoms with Gasteiger partial charge in [-0.3, -0.25) is 4.79 Å². The molecule has 2 heterocycles. The first-order valence-corrected chi connectivity index (χ1v) is 11.1. The first-order valence-electron chi connectivity index (χ1n) is 11.1. The molecule has 0 spiro atoms. The molecule has 2 aromatic heterocycles. The van der Waals surface area contributed by atoms with Gasteiger partial charge in [-0.15, -0.1) is 10.2 Å². The van der Waals surface area contributed by atoms with E-state index in [2.05, 4.69) is 68.8 Å². The topological polar surface area (TPSA) is 122 Å². The summed E-state index contributed by atoms with van der Waals surface area (Å²) in [4.78, 5) is 15.5. The zero-order chi connectivity index (χ0) is 23.2. The van der Waals surface area contributed by atoms with Crippen molar-refractivity contribution in [2.45, 2.75) is 46.1 Å². The third-order valence-corrected chi connectivity index (χ3v) is 5.28. The fourth-order valence-corrected chi connectivity index (χ4v) is 3.74. The predicted octanol–water partition coefficient (Wildman–Crippen LogP) is 3.78. The number of rotatable bonds is 10. The van der Waals surface area contributed by atoms with Crippen molar-refractivity contribution in [1.82, 2.24) is 35.4 Å². The molecule has 4 rings (SSSR count). The van der Waals surface area contributed by atoms with Gasteiger partial charge >= 0.3 is 5.97 Å². The van der Waals surface area contributed by atoms with Gasteiger partial charge in [0.15, 0.2) is 5.82 Å². The SMILES string of the molecule is CC(C)Cc1nc(CCCC(=O)O)nn1Cc1ccc(-c2ccccc2-c2nn[nH]n2)cc1. The maximum Gasteiger partial charge on any atom is 0.303 e. The van der Waals surface area contributed by atoms with E-state index >= 15 is 0 Å². The van der Waals surface area contributed by atoms with E-state index in [4.69, 9.17) is 5.11 Å². The standard InChI is InChI=1S/C24H27N7O2/c1-16(2)14-22-25-21(8-5-9-23(32)33)28-31(22)15-17-10-12-18(13-11-17)19-6-3-4-7-20(19)24-26-29-30-27-24/h3-4,6-7,10-13,16H,5,8-9,14-15H2,1-2H3,(H,32,33)(H,26,27,29,30). The highest BCUT2D eigenvalue weighted by Gasteiger charge is 2.14. The number of H-pyrrole nitrogens is 1. The number of benzene rings is 2. The number of aromatic nitrogens is 7. The summed E-state index contributed by atoms with van der Waals surface area (Å²) in [6, 6.07) is 16.3. The lowest BCUT2D eigenvalue weighted by molar-refractivity contribution is -0.137. The quantitative estimate of drug-likeness (QED) is 0.381. The van der Waals surface area contributed by atoms with E-state index in [0.717, 1.165) is 34.5 Å². The molecule has 2 aromatic carbocycles. The summed E-state index contributed by atoms with van der Waals surface area (Å²) in [7, 11) is 0. The van der Waals surface area contributed by atoms with Gasteiger partial charge in [0.1, 0.15) is 5.82 Å². The number of hydrogen-bond donors (Lipinski definition) is 2. The zero-order valence-electron chi connectivity index (χ0n) is 18.8. The predicted molar refractivity (Wildman–Crippen MR) is 123 cm³/mol. The van der Waals surface area contributed by atoms with Crippen molar-refractivity contribution in [3.05, 3.63) is 65.7 Å². The normalized spacial score (nSPS) is 11.2. The second-order valence-corrected chi connectivity index (χ2v) is 8.43. The molecule has 0 unspecified atom stereocenters. The van der Waals surface area contributed by atoms with Crippen LogP contribution in [0.15, 0.2) is 48.5 Å². The summed E-state index contributed by atoms with van der Waals surface area (Å²) >= 11 is 0. The monoisotopic (exact) mass is 445 g/mol. The Labute approximate surface area is 191 Å². The van der Waals surface area contributed by atoms with Crippen LogP contribution in [-0.4, -0.2) is 46.5 Å². The van der Waals surface area contributed by atoms with Crippen molar-refractivity contribution < 1.29 is 9.90 Å². The van der Waals surface area contributed by atoms with E-state index in [9.17, 15) is 4.79 Å². The van der Waals surface area contributed by atoms with Crippen LogP contribution < -0.4 is 0 Å². The van der Waals surface area contributed by atoms with Crippen molar-refractivity contribution in [2.75, 3.05) is 0 Å². The number of aromatic amines is 1. The largest absolute Gasteiger partial charge is 0.481 e. The molecule has 0 atom stereocenters. The van der Waals surface area contributed by atoms with Crippen molar-refractivity contribution in [1.29, 1.82) is 0 Å². The van der Waals surface area contributed by atoms with Crippen LogP contribution in [0.4, 0.5) is 0 Å². The Balaban J connectivity index is 1.54. The Kier molecular flexibility index (Phi) is 6.87. The van der Waals surface area contributed by atoms with E-state index in [-0.39, 0.29) is 6.42 Å². The summed E-state index contributed by atoms with van der Waals surface area (Å²) in [5.74, 6) is 1.85. The third kappa shape index (κ3) is 5.68. The summed E-state index contributed by atoms with van der Waals surface area (Å²) in [5.41, 5.74) is 4.13. The van der Waals surface area contributed by atoms with Gasteiger partial charge in [-0.1, -0.05) is 62.4 Å². The molecule has 0 fully saturated rings. The highest BCUT2D eigenvalue weighted by Crippen LogP contribution is 2.29. The maximum atomic E-state index is 10.8. The minimum absolute atomic E-state index is 0.126. The molecule has 0 bridgehead atoms. The number of tetrazole rings is 1. The molecule has 2 N–H and O–H groups in total. The van der Waals surface area contributed by atoms with Crippen molar-refractivity contribution in [3.63, 3.8) is 0 Å². The molecule has 9 heteroatoms. The Hall–Kier alpha value is -3.88. The molecule has 0 radical (unpaired) electrons. The van der Waals surface area contributed by atoms with E-state index in [0.29, 0.717) is 37.0 Å². The van der Waals surface area contributed by atoms with Crippen LogP contribution in [0.5, 0.6) is 0 Å². The number of carbonyl (C=O) groups is 1. The van der Waals surface area contributed by atoms with Crippen LogP contribution >= 0.6 is 0 Å². The molecule has 0 saturated heterocycles. The van der Waals surface area contributed by atoms with Gasteiger partial charge in [0.2, 0.25) is 5.82 Å². The number of carboxylic acids is 1. The van der Waals surface area contributed by atoms with Crippen LogP contribution in [0.1, 0.15) is 43.9 Å². The molecular formula is C24H27N7O2.